The minimum absolute atomic E-state index is 0.479. The van der Waals surface area contributed by atoms with Crippen LogP contribution in [-0.4, -0.2) is 24.2 Å². The van der Waals surface area contributed by atoms with Gasteiger partial charge in [0.15, 0.2) is 0 Å². The molecule has 15 heavy (non-hydrogen) atoms. The molecule has 3 heteroatoms. The molecule has 0 aliphatic carbocycles. The second-order valence-electron chi connectivity index (χ2n) is 5.15. The second-order valence-corrected chi connectivity index (χ2v) is 5.15. The van der Waals surface area contributed by atoms with Crippen LogP contribution in [0.1, 0.15) is 46.0 Å². The van der Waals surface area contributed by atoms with Gasteiger partial charge in [-0.05, 0) is 31.7 Å². The van der Waals surface area contributed by atoms with Crippen LogP contribution in [0.5, 0.6) is 0 Å². The Bertz CT molecular complexity index is 208. The average molecular weight is 213 g/mol. The van der Waals surface area contributed by atoms with E-state index in [1.165, 1.54) is 0 Å². The molecule has 0 amide bonds. The van der Waals surface area contributed by atoms with Crippen LogP contribution in [0.2, 0.25) is 0 Å². The molecular formula is C12H23NO2. The molecule has 2 N–H and O–H groups in total. The molecule has 1 rings (SSSR count). The smallest absolute Gasteiger partial charge is 0.310 e. The highest BCUT2D eigenvalue weighted by atomic mass is 16.4. The lowest BCUT2D eigenvalue weighted by molar-refractivity contribution is -0.150. The lowest BCUT2D eigenvalue weighted by Gasteiger charge is -2.33. The Labute approximate surface area is 92.3 Å². The van der Waals surface area contributed by atoms with Crippen molar-refractivity contribution in [1.82, 2.24) is 5.32 Å². The molecule has 0 spiro atoms. The van der Waals surface area contributed by atoms with E-state index in [4.69, 9.17) is 0 Å². The van der Waals surface area contributed by atoms with Crippen molar-refractivity contribution < 1.29 is 9.90 Å². The van der Waals surface area contributed by atoms with Gasteiger partial charge in [-0.25, -0.2) is 0 Å². The van der Waals surface area contributed by atoms with Gasteiger partial charge in [-0.3, -0.25) is 4.79 Å². The monoisotopic (exact) mass is 213 g/mol. The van der Waals surface area contributed by atoms with Gasteiger partial charge in [-0.1, -0.05) is 26.7 Å². The minimum Gasteiger partial charge on any atom is -0.481 e. The van der Waals surface area contributed by atoms with Crippen molar-refractivity contribution in [3.05, 3.63) is 0 Å². The maximum absolute atomic E-state index is 11.3. The lowest BCUT2D eigenvalue weighted by Crippen LogP contribution is -2.45. The summed E-state index contributed by atoms with van der Waals surface area (Å²) < 4.78 is 0. The molecule has 1 atom stereocenters. The highest BCUT2D eigenvalue weighted by molar-refractivity contribution is 5.75. The maximum atomic E-state index is 11.3. The average Bonchev–Trinajstić information content (AvgIpc) is 2.18. The fourth-order valence-electron chi connectivity index (χ4n) is 2.32. The summed E-state index contributed by atoms with van der Waals surface area (Å²) in [6.07, 6.45) is 4.83. The second kappa shape index (κ2) is 5.50. The molecule has 1 aliphatic heterocycles. The number of hydrogen-bond donors (Lipinski definition) is 2. The van der Waals surface area contributed by atoms with E-state index in [1.807, 2.05) is 0 Å². The van der Waals surface area contributed by atoms with Crippen molar-refractivity contribution in [2.75, 3.05) is 13.1 Å². The molecule has 1 aliphatic rings. The predicted molar refractivity (Wildman–Crippen MR) is 60.9 cm³/mol. The van der Waals surface area contributed by atoms with Gasteiger partial charge in [0.25, 0.3) is 0 Å². The van der Waals surface area contributed by atoms with E-state index in [0.29, 0.717) is 12.5 Å². The van der Waals surface area contributed by atoms with Crippen LogP contribution < -0.4 is 5.32 Å². The Hall–Kier alpha value is -0.570. The summed E-state index contributed by atoms with van der Waals surface area (Å²) in [5.74, 6) is 0.0610. The summed E-state index contributed by atoms with van der Waals surface area (Å²) in [6.45, 7) is 6.00. The normalized spacial score (nSPS) is 26.9. The zero-order valence-electron chi connectivity index (χ0n) is 9.88. The summed E-state index contributed by atoms with van der Waals surface area (Å²) in [6, 6.07) is 0. The number of carboxylic acid groups (broad SMARTS) is 1. The van der Waals surface area contributed by atoms with Crippen LogP contribution >= 0.6 is 0 Å². The van der Waals surface area contributed by atoms with Crippen molar-refractivity contribution >= 4 is 5.97 Å². The number of carbonyl (C=O) groups is 1. The Kier molecular flexibility index (Phi) is 4.58. The van der Waals surface area contributed by atoms with Crippen LogP contribution in [0.3, 0.4) is 0 Å². The van der Waals surface area contributed by atoms with Gasteiger partial charge in [-0.15, -0.1) is 0 Å². The number of aliphatic carboxylic acids is 1. The molecular weight excluding hydrogens is 190 g/mol. The first kappa shape index (κ1) is 12.5. The van der Waals surface area contributed by atoms with E-state index in [0.717, 1.165) is 38.6 Å². The largest absolute Gasteiger partial charge is 0.481 e. The van der Waals surface area contributed by atoms with E-state index in [2.05, 4.69) is 19.2 Å². The summed E-state index contributed by atoms with van der Waals surface area (Å²) in [5, 5.41) is 12.5. The number of carboxylic acids is 1. The summed E-state index contributed by atoms with van der Waals surface area (Å²) in [4.78, 5) is 11.3. The Balaban J connectivity index is 2.46. The van der Waals surface area contributed by atoms with Crippen LogP contribution in [0.25, 0.3) is 0 Å². The first-order valence-electron chi connectivity index (χ1n) is 6.01. The fraction of sp³-hybridized carbons (Fsp3) is 0.917. The van der Waals surface area contributed by atoms with Crippen LogP contribution in [0, 0.1) is 11.3 Å². The topological polar surface area (TPSA) is 49.3 Å². The van der Waals surface area contributed by atoms with Crippen LogP contribution in [0.4, 0.5) is 0 Å². The summed E-state index contributed by atoms with van der Waals surface area (Å²) in [7, 11) is 0. The molecule has 0 aromatic heterocycles. The fourth-order valence-corrected chi connectivity index (χ4v) is 2.32. The highest BCUT2D eigenvalue weighted by Crippen LogP contribution is 2.32. The molecule has 1 heterocycles. The predicted octanol–water partition coefficient (Wildman–Crippen LogP) is 2.27. The Morgan fingerprint density at radius 1 is 1.53 bits per heavy atom. The van der Waals surface area contributed by atoms with Crippen molar-refractivity contribution in [1.29, 1.82) is 0 Å². The molecule has 0 bridgehead atoms. The molecule has 1 fully saturated rings. The zero-order chi connectivity index (χ0) is 11.3. The Morgan fingerprint density at radius 3 is 2.73 bits per heavy atom. The van der Waals surface area contributed by atoms with E-state index >= 15 is 0 Å². The van der Waals surface area contributed by atoms with E-state index in [-0.39, 0.29) is 0 Å². The van der Waals surface area contributed by atoms with Crippen LogP contribution in [-0.2, 0) is 4.79 Å². The van der Waals surface area contributed by atoms with E-state index in [9.17, 15) is 9.90 Å². The number of nitrogens with one attached hydrogen (secondary N) is 1. The molecule has 1 saturated heterocycles. The van der Waals surface area contributed by atoms with Gasteiger partial charge in [-0.2, -0.15) is 0 Å². The molecule has 0 saturated carbocycles. The maximum Gasteiger partial charge on any atom is 0.310 e. The highest BCUT2D eigenvalue weighted by Gasteiger charge is 2.38. The molecule has 88 valence electrons. The van der Waals surface area contributed by atoms with Crippen LogP contribution in [0.15, 0.2) is 0 Å². The third-order valence-electron chi connectivity index (χ3n) is 3.36. The number of piperidine rings is 1. The van der Waals surface area contributed by atoms with Gasteiger partial charge in [0.1, 0.15) is 0 Å². The molecule has 0 radical (unpaired) electrons. The number of hydrogen-bond acceptors (Lipinski definition) is 2. The molecule has 0 aromatic carbocycles. The molecule has 3 nitrogen and oxygen atoms in total. The Morgan fingerprint density at radius 2 is 2.27 bits per heavy atom. The van der Waals surface area contributed by atoms with Gasteiger partial charge in [0.05, 0.1) is 5.41 Å². The van der Waals surface area contributed by atoms with E-state index < -0.39 is 11.4 Å². The molecule has 1 unspecified atom stereocenters. The summed E-state index contributed by atoms with van der Waals surface area (Å²) >= 11 is 0. The first-order valence-corrected chi connectivity index (χ1v) is 6.01. The van der Waals surface area contributed by atoms with Gasteiger partial charge < -0.3 is 10.4 Å². The standard InChI is InChI=1S/C12H23NO2/c1-10(2)5-3-6-12(11(14)15)7-4-8-13-9-12/h10,13H,3-9H2,1-2H3,(H,14,15). The van der Waals surface area contributed by atoms with Gasteiger partial charge in [0.2, 0.25) is 0 Å². The van der Waals surface area contributed by atoms with Crippen molar-refractivity contribution in [2.24, 2.45) is 11.3 Å². The first-order chi connectivity index (χ1) is 7.07. The van der Waals surface area contributed by atoms with Gasteiger partial charge in [0, 0.05) is 6.54 Å². The minimum atomic E-state index is -0.613. The molecule has 0 aromatic rings. The van der Waals surface area contributed by atoms with Crippen molar-refractivity contribution in [2.45, 2.75) is 46.0 Å². The van der Waals surface area contributed by atoms with Crippen molar-refractivity contribution in [3.8, 4) is 0 Å². The quantitative estimate of drug-likeness (QED) is 0.736. The van der Waals surface area contributed by atoms with E-state index in [1.54, 1.807) is 0 Å². The third kappa shape index (κ3) is 3.49. The SMILES string of the molecule is CC(C)CCCC1(C(=O)O)CCCNC1. The lowest BCUT2D eigenvalue weighted by atomic mass is 9.76. The number of rotatable bonds is 5. The van der Waals surface area contributed by atoms with Crippen molar-refractivity contribution in [3.63, 3.8) is 0 Å². The summed E-state index contributed by atoms with van der Waals surface area (Å²) in [5.41, 5.74) is -0.479. The third-order valence-corrected chi connectivity index (χ3v) is 3.36. The zero-order valence-corrected chi connectivity index (χ0v) is 9.88. The van der Waals surface area contributed by atoms with Gasteiger partial charge >= 0.3 is 5.97 Å².